The monoisotopic (exact) mass is 293 g/mol. The maximum absolute atomic E-state index is 10.5. The van der Waals surface area contributed by atoms with Crippen LogP contribution in [0.15, 0.2) is 18.2 Å². The molecular formula is C17H27NO3. The molecule has 2 rings (SSSR count). The fraction of sp³-hybridized carbons (Fsp3) is 0.647. The molecule has 4 nitrogen and oxygen atoms in total. The lowest BCUT2D eigenvalue weighted by Crippen LogP contribution is -2.38. The summed E-state index contributed by atoms with van der Waals surface area (Å²) < 4.78 is 11.2. The summed E-state index contributed by atoms with van der Waals surface area (Å²) >= 11 is 0. The van der Waals surface area contributed by atoms with Gasteiger partial charge in [-0.1, -0.05) is 19.3 Å². The van der Waals surface area contributed by atoms with Gasteiger partial charge in [0.1, 0.15) is 0 Å². The molecule has 0 unspecified atom stereocenters. The quantitative estimate of drug-likeness (QED) is 0.806. The van der Waals surface area contributed by atoms with E-state index < -0.39 is 5.60 Å². The molecule has 0 aliphatic heterocycles. The summed E-state index contributed by atoms with van der Waals surface area (Å²) in [7, 11) is 0. The topological polar surface area (TPSA) is 50.7 Å². The van der Waals surface area contributed by atoms with Crippen molar-refractivity contribution >= 4 is 5.69 Å². The first kappa shape index (κ1) is 16.0. The number of ether oxygens (including phenoxy) is 2. The van der Waals surface area contributed by atoms with Crippen LogP contribution in [0.1, 0.15) is 46.0 Å². The minimum Gasteiger partial charge on any atom is -0.490 e. The van der Waals surface area contributed by atoms with Gasteiger partial charge >= 0.3 is 0 Å². The van der Waals surface area contributed by atoms with Crippen LogP contribution in [0, 0.1) is 0 Å². The molecule has 118 valence electrons. The zero-order valence-electron chi connectivity index (χ0n) is 13.2. The van der Waals surface area contributed by atoms with Crippen LogP contribution < -0.4 is 14.8 Å². The minimum absolute atomic E-state index is 0.567. The molecule has 1 aromatic carbocycles. The van der Waals surface area contributed by atoms with Crippen molar-refractivity contribution in [3.63, 3.8) is 0 Å². The van der Waals surface area contributed by atoms with Gasteiger partial charge in [0, 0.05) is 18.3 Å². The van der Waals surface area contributed by atoms with Gasteiger partial charge in [0.05, 0.1) is 18.8 Å². The highest BCUT2D eigenvalue weighted by Gasteiger charge is 2.28. The summed E-state index contributed by atoms with van der Waals surface area (Å²) in [5.74, 6) is 1.52. The molecule has 0 heterocycles. The molecular weight excluding hydrogens is 266 g/mol. The number of anilines is 1. The number of aliphatic hydroxyl groups is 1. The fourth-order valence-electron chi connectivity index (χ4n) is 2.81. The molecule has 0 saturated heterocycles. The van der Waals surface area contributed by atoms with Crippen molar-refractivity contribution in [3.05, 3.63) is 18.2 Å². The second kappa shape index (κ2) is 7.55. The van der Waals surface area contributed by atoms with E-state index in [2.05, 4.69) is 5.32 Å². The van der Waals surface area contributed by atoms with E-state index in [-0.39, 0.29) is 0 Å². The summed E-state index contributed by atoms with van der Waals surface area (Å²) in [5, 5.41) is 13.9. The Kier molecular flexibility index (Phi) is 5.74. The lowest BCUT2D eigenvalue weighted by atomic mass is 9.85. The van der Waals surface area contributed by atoms with E-state index in [9.17, 15) is 5.11 Å². The summed E-state index contributed by atoms with van der Waals surface area (Å²) in [6.45, 7) is 5.73. The van der Waals surface area contributed by atoms with Gasteiger partial charge in [-0.3, -0.25) is 0 Å². The van der Waals surface area contributed by atoms with Crippen molar-refractivity contribution in [1.29, 1.82) is 0 Å². The molecule has 0 amide bonds. The second-order valence-electron chi connectivity index (χ2n) is 5.67. The predicted molar refractivity (Wildman–Crippen MR) is 85.3 cm³/mol. The van der Waals surface area contributed by atoms with E-state index >= 15 is 0 Å². The van der Waals surface area contributed by atoms with Crippen LogP contribution in [0.3, 0.4) is 0 Å². The van der Waals surface area contributed by atoms with Crippen LogP contribution in [0.4, 0.5) is 5.69 Å². The maximum Gasteiger partial charge on any atom is 0.163 e. The van der Waals surface area contributed by atoms with E-state index in [1.165, 1.54) is 6.42 Å². The van der Waals surface area contributed by atoms with Crippen molar-refractivity contribution in [3.8, 4) is 11.5 Å². The maximum atomic E-state index is 10.5. The highest BCUT2D eigenvalue weighted by Crippen LogP contribution is 2.32. The normalized spacial score (nSPS) is 17.3. The summed E-state index contributed by atoms with van der Waals surface area (Å²) in [6.07, 6.45) is 5.24. The third-order valence-electron chi connectivity index (χ3n) is 3.95. The Bertz CT molecular complexity index is 442. The first-order chi connectivity index (χ1) is 10.2. The molecule has 0 spiro atoms. The zero-order chi connectivity index (χ0) is 15.1. The fourth-order valence-corrected chi connectivity index (χ4v) is 2.81. The Morgan fingerprint density at radius 2 is 1.71 bits per heavy atom. The molecule has 1 aromatic rings. The van der Waals surface area contributed by atoms with Gasteiger partial charge < -0.3 is 19.9 Å². The Labute approximate surface area is 127 Å². The average Bonchev–Trinajstić information content (AvgIpc) is 2.49. The molecule has 1 aliphatic rings. The number of rotatable bonds is 7. The van der Waals surface area contributed by atoms with Crippen molar-refractivity contribution in [2.24, 2.45) is 0 Å². The van der Waals surface area contributed by atoms with Gasteiger partial charge in [0.15, 0.2) is 11.5 Å². The van der Waals surface area contributed by atoms with Gasteiger partial charge in [-0.25, -0.2) is 0 Å². The molecule has 4 heteroatoms. The van der Waals surface area contributed by atoms with Gasteiger partial charge in [-0.15, -0.1) is 0 Å². The van der Waals surface area contributed by atoms with Crippen LogP contribution in [0.2, 0.25) is 0 Å². The smallest absolute Gasteiger partial charge is 0.163 e. The van der Waals surface area contributed by atoms with E-state index in [4.69, 9.17) is 9.47 Å². The first-order valence-electron chi connectivity index (χ1n) is 8.03. The summed E-state index contributed by atoms with van der Waals surface area (Å²) in [6, 6.07) is 5.84. The van der Waals surface area contributed by atoms with Crippen molar-refractivity contribution in [2.75, 3.05) is 25.1 Å². The van der Waals surface area contributed by atoms with Gasteiger partial charge in [-0.05, 0) is 38.8 Å². The van der Waals surface area contributed by atoms with Crippen molar-refractivity contribution in [2.45, 2.75) is 51.6 Å². The highest BCUT2D eigenvalue weighted by atomic mass is 16.5. The molecule has 0 atom stereocenters. The van der Waals surface area contributed by atoms with E-state index in [1.54, 1.807) is 0 Å². The molecule has 1 aliphatic carbocycles. The average molecular weight is 293 g/mol. The number of hydrogen-bond donors (Lipinski definition) is 2. The lowest BCUT2D eigenvalue weighted by Gasteiger charge is -2.32. The minimum atomic E-state index is -0.567. The molecule has 0 radical (unpaired) electrons. The van der Waals surface area contributed by atoms with Crippen molar-refractivity contribution in [1.82, 2.24) is 0 Å². The van der Waals surface area contributed by atoms with Crippen LogP contribution >= 0.6 is 0 Å². The van der Waals surface area contributed by atoms with E-state index in [1.807, 2.05) is 32.0 Å². The highest BCUT2D eigenvalue weighted by molar-refractivity contribution is 5.55. The molecule has 0 aromatic heterocycles. The van der Waals surface area contributed by atoms with Gasteiger partial charge in [-0.2, -0.15) is 0 Å². The zero-order valence-corrected chi connectivity index (χ0v) is 13.2. The first-order valence-corrected chi connectivity index (χ1v) is 8.03. The Morgan fingerprint density at radius 3 is 2.38 bits per heavy atom. The standard InChI is InChI=1S/C17H27NO3/c1-3-20-15-9-8-14(12-16(15)21-4-2)18-13-17(19)10-6-5-7-11-17/h8-9,12,18-19H,3-7,10-11,13H2,1-2H3. The molecule has 21 heavy (non-hydrogen) atoms. The Morgan fingerprint density at radius 1 is 1.05 bits per heavy atom. The van der Waals surface area contributed by atoms with E-state index in [0.29, 0.717) is 19.8 Å². The molecule has 1 saturated carbocycles. The van der Waals surface area contributed by atoms with Crippen LogP contribution in [-0.2, 0) is 0 Å². The van der Waals surface area contributed by atoms with Crippen LogP contribution in [0.25, 0.3) is 0 Å². The molecule has 0 bridgehead atoms. The second-order valence-corrected chi connectivity index (χ2v) is 5.67. The SMILES string of the molecule is CCOc1ccc(NCC2(O)CCCCC2)cc1OCC. The third-order valence-corrected chi connectivity index (χ3v) is 3.95. The Balaban J connectivity index is 2.00. The van der Waals surface area contributed by atoms with Gasteiger partial charge in [0.25, 0.3) is 0 Å². The van der Waals surface area contributed by atoms with E-state index in [0.717, 1.165) is 42.9 Å². The van der Waals surface area contributed by atoms with Crippen molar-refractivity contribution < 1.29 is 14.6 Å². The summed E-state index contributed by atoms with van der Waals surface area (Å²) in [5.41, 5.74) is 0.392. The largest absolute Gasteiger partial charge is 0.490 e. The number of nitrogens with one attached hydrogen (secondary N) is 1. The third kappa shape index (κ3) is 4.53. The molecule has 1 fully saturated rings. The molecule has 2 N–H and O–H groups in total. The summed E-state index contributed by atoms with van der Waals surface area (Å²) in [4.78, 5) is 0. The predicted octanol–water partition coefficient (Wildman–Crippen LogP) is 3.59. The Hall–Kier alpha value is -1.42. The van der Waals surface area contributed by atoms with Crippen LogP contribution in [-0.4, -0.2) is 30.5 Å². The lowest BCUT2D eigenvalue weighted by molar-refractivity contribution is 0.0167. The van der Waals surface area contributed by atoms with Crippen LogP contribution in [0.5, 0.6) is 11.5 Å². The number of hydrogen-bond acceptors (Lipinski definition) is 4. The van der Waals surface area contributed by atoms with Gasteiger partial charge in [0.2, 0.25) is 0 Å². The number of benzene rings is 1.